The maximum Gasteiger partial charge on any atom is 0.123 e. The highest BCUT2D eigenvalue weighted by molar-refractivity contribution is 9.10. The highest BCUT2D eigenvalue weighted by Crippen LogP contribution is 2.29. The van der Waals surface area contributed by atoms with Crippen LogP contribution in [0.2, 0.25) is 0 Å². The molecule has 2 aromatic carbocycles. The molecule has 1 N–H and O–H groups in total. The van der Waals surface area contributed by atoms with Gasteiger partial charge in [-0.25, -0.2) is 4.39 Å². The summed E-state index contributed by atoms with van der Waals surface area (Å²) in [4.78, 5) is 0. The molecule has 4 heteroatoms. The highest BCUT2D eigenvalue weighted by atomic mass is 79.9. The van der Waals surface area contributed by atoms with E-state index in [1.807, 2.05) is 0 Å². The van der Waals surface area contributed by atoms with E-state index in [0.717, 1.165) is 15.6 Å². The number of halogens is 2. The summed E-state index contributed by atoms with van der Waals surface area (Å²) in [5.74, 6) is 0.423. The van der Waals surface area contributed by atoms with Gasteiger partial charge in [-0.15, -0.1) is 0 Å². The van der Waals surface area contributed by atoms with Crippen LogP contribution in [0.1, 0.15) is 17.2 Å². The first-order chi connectivity index (χ1) is 9.10. The minimum absolute atomic E-state index is 0.293. The fourth-order valence-corrected chi connectivity index (χ4v) is 2.52. The van der Waals surface area contributed by atoms with Gasteiger partial charge in [0.25, 0.3) is 0 Å². The summed E-state index contributed by atoms with van der Waals surface area (Å²) in [6.45, 7) is 0. The lowest BCUT2D eigenvalue weighted by molar-refractivity contribution is 0.177. The monoisotopic (exact) mass is 324 g/mol. The second kappa shape index (κ2) is 6.17. The van der Waals surface area contributed by atoms with E-state index in [-0.39, 0.29) is 5.82 Å². The second-order valence-corrected chi connectivity index (χ2v) is 5.09. The molecule has 2 aromatic rings. The molecule has 0 saturated heterocycles. The number of rotatable bonds is 4. The predicted octanol–water partition coefficient (Wildman–Crippen LogP) is 3.87. The van der Waals surface area contributed by atoms with Crippen molar-refractivity contribution in [3.8, 4) is 5.75 Å². The first-order valence-electron chi connectivity index (χ1n) is 5.86. The molecule has 0 radical (unpaired) electrons. The van der Waals surface area contributed by atoms with Crippen LogP contribution in [-0.4, -0.2) is 12.2 Å². The van der Waals surface area contributed by atoms with Crippen LogP contribution in [-0.2, 0) is 6.42 Å². The summed E-state index contributed by atoms with van der Waals surface area (Å²) in [6.07, 6.45) is -0.329. The second-order valence-electron chi connectivity index (χ2n) is 4.24. The molecule has 0 fully saturated rings. The topological polar surface area (TPSA) is 29.5 Å². The predicted molar refractivity (Wildman–Crippen MR) is 75.8 cm³/mol. The van der Waals surface area contributed by atoms with Gasteiger partial charge in [-0.1, -0.05) is 34.1 Å². The van der Waals surface area contributed by atoms with E-state index in [4.69, 9.17) is 4.74 Å². The van der Waals surface area contributed by atoms with Crippen molar-refractivity contribution in [1.29, 1.82) is 0 Å². The average molecular weight is 325 g/mol. The van der Waals surface area contributed by atoms with Gasteiger partial charge in [-0.3, -0.25) is 0 Å². The molecule has 0 heterocycles. The van der Waals surface area contributed by atoms with Crippen molar-refractivity contribution >= 4 is 15.9 Å². The third kappa shape index (κ3) is 3.55. The molecule has 1 unspecified atom stereocenters. The minimum atomic E-state index is -0.693. The number of ether oxygens (including phenoxy) is 1. The third-order valence-electron chi connectivity index (χ3n) is 2.88. The minimum Gasteiger partial charge on any atom is -0.497 e. The molecular weight excluding hydrogens is 311 g/mol. The van der Waals surface area contributed by atoms with Crippen molar-refractivity contribution in [3.63, 3.8) is 0 Å². The first kappa shape index (κ1) is 14.0. The third-order valence-corrected chi connectivity index (χ3v) is 3.57. The maximum absolute atomic E-state index is 13.1. The molecular formula is C15H14BrFO2. The zero-order valence-corrected chi connectivity index (χ0v) is 12.0. The Balaban J connectivity index is 2.18. The molecule has 0 aliphatic heterocycles. The number of hydrogen-bond acceptors (Lipinski definition) is 2. The van der Waals surface area contributed by atoms with Gasteiger partial charge in [0.15, 0.2) is 0 Å². The zero-order chi connectivity index (χ0) is 13.8. The Labute approximate surface area is 120 Å². The van der Waals surface area contributed by atoms with E-state index in [2.05, 4.69) is 15.9 Å². The SMILES string of the molecule is COc1ccc(C(O)Cc2cccc(F)c2)c(Br)c1. The Morgan fingerprint density at radius 2 is 2.05 bits per heavy atom. The number of aliphatic hydroxyl groups excluding tert-OH is 1. The van der Waals surface area contributed by atoms with Crippen LogP contribution in [0.25, 0.3) is 0 Å². The highest BCUT2D eigenvalue weighted by Gasteiger charge is 2.13. The van der Waals surface area contributed by atoms with Gasteiger partial charge in [-0.05, 0) is 35.4 Å². The van der Waals surface area contributed by atoms with Gasteiger partial charge in [0.1, 0.15) is 11.6 Å². The summed E-state index contributed by atoms with van der Waals surface area (Å²) >= 11 is 3.40. The van der Waals surface area contributed by atoms with Crippen LogP contribution in [0.3, 0.4) is 0 Å². The van der Waals surface area contributed by atoms with Gasteiger partial charge in [-0.2, -0.15) is 0 Å². The fraction of sp³-hybridized carbons (Fsp3) is 0.200. The molecule has 0 aliphatic carbocycles. The van der Waals surface area contributed by atoms with Crippen LogP contribution >= 0.6 is 15.9 Å². The standard InChI is InChI=1S/C15H14BrFO2/c1-19-12-5-6-13(14(16)9-12)15(18)8-10-3-2-4-11(17)7-10/h2-7,9,15,18H,8H2,1H3. The molecule has 2 rings (SSSR count). The number of aliphatic hydroxyl groups is 1. The normalized spacial score (nSPS) is 12.2. The van der Waals surface area contributed by atoms with Crippen molar-refractivity contribution in [2.45, 2.75) is 12.5 Å². The van der Waals surface area contributed by atoms with Crippen LogP contribution in [0.4, 0.5) is 4.39 Å². The lowest BCUT2D eigenvalue weighted by Gasteiger charge is -2.14. The summed E-state index contributed by atoms with van der Waals surface area (Å²) in [7, 11) is 1.59. The largest absolute Gasteiger partial charge is 0.497 e. The smallest absolute Gasteiger partial charge is 0.123 e. The molecule has 19 heavy (non-hydrogen) atoms. The lowest BCUT2D eigenvalue weighted by Crippen LogP contribution is -2.03. The summed E-state index contributed by atoms with van der Waals surface area (Å²) in [5.41, 5.74) is 1.51. The Morgan fingerprint density at radius 3 is 2.68 bits per heavy atom. The zero-order valence-electron chi connectivity index (χ0n) is 10.4. The van der Waals surface area contributed by atoms with Crippen LogP contribution < -0.4 is 4.74 Å². The maximum atomic E-state index is 13.1. The van der Waals surface area contributed by atoms with Crippen molar-refractivity contribution in [2.24, 2.45) is 0 Å². The first-order valence-corrected chi connectivity index (χ1v) is 6.65. The average Bonchev–Trinajstić information content (AvgIpc) is 2.38. The molecule has 100 valence electrons. The van der Waals surface area contributed by atoms with Gasteiger partial charge in [0.2, 0.25) is 0 Å². The molecule has 0 amide bonds. The quantitative estimate of drug-likeness (QED) is 0.925. The molecule has 1 atom stereocenters. The Hall–Kier alpha value is -1.39. The summed E-state index contributed by atoms with van der Waals surface area (Å²) in [6, 6.07) is 11.6. The fourth-order valence-electron chi connectivity index (χ4n) is 1.90. The van der Waals surface area contributed by atoms with Crippen LogP contribution in [0, 0.1) is 5.82 Å². The number of benzene rings is 2. The van der Waals surface area contributed by atoms with E-state index in [9.17, 15) is 9.50 Å². The van der Waals surface area contributed by atoms with Crippen molar-refractivity contribution in [2.75, 3.05) is 7.11 Å². The molecule has 0 aromatic heterocycles. The van der Waals surface area contributed by atoms with Crippen molar-refractivity contribution in [3.05, 3.63) is 63.9 Å². The summed E-state index contributed by atoms with van der Waals surface area (Å²) in [5, 5.41) is 10.2. The van der Waals surface area contributed by atoms with E-state index in [1.54, 1.807) is 37.4 Å². The Morgan fingerprint density at radius 1 is 1.26 bits per heavy atom. The number of methoxy groups -OCH3 is 1. The van der Waals surface area contributed by atoms with Crippen LogP contribution in [0.15, 0.2) is 46.9 Å². The number of hydrogen-bond donors (Lipinski definition) is 1. The van der Waals surface area contributed by atoms with E-state index in [0.29, 0.717) is 12.2 Å². The van der Waals surface area contributed by atoms with Crippen molar-refractivity contribution in [1.82, 2.24) is 0 Å². The van der Waals surface area contributed by atoms with Gasteiger partial charge >= 0.3 is 0 Å². The van der Waals surface area contributed by atoms with Gasteiger partial charge in [0.05, 0.1) is 13.2 Å². The molecule has 2 nitrogen and oxygen atoms in total. The Kier molecular flexibility index (Phi) is 4.56. The summed E-state index contributed by atoms with van der Waals surface area (Å²) < 4.78 is 19.0. The molecule has 0 saturated carbocycles. The van der Waals surface area contributed by atoms with Gasteiger partial charge in [0, 0.05) is 10.9 Å². The van der Waals surface area contributed by atoms with E-state index >= 15 is 0 Å². The van der Waals surface area contributed by atoms with E-state index < -0.39 is 6.10 Å². The van der Waals surface area contributed by atoms with Gasteiger partial charge < -0.3 is 9.84 Å². The Bertz CT molecular complexity index is 572. The van der Waals surface area contributed by atoms with E-state index in [1.165, 1.54) is 12.1 Å². The molecule has 0 bridgehead atoms. The molecule has 0 spiro atoms. The van der Waals surface area contributed by atoms with Crippen LogP contribution in [0.5, 0.6) is 5.75 Å². The van der Waals surface area contributed by atoms with Crippen molar-refractivity contribution < 1.29 is 14.2 Å². The lowest BCUT2D eigenvalue weighted by atomic mass is 10.0. The molecule has 0 aliphatic rings.